The van der Waals surface area contributed by atoms with Crippen LogP contribution in [0.4, 0.5) is 0 Å². The molecule has 1 N–H and O–H groups in total. The van der Waals surface area contributed by atoms with Crippen LogP contribution in [-0.4, -0.2) is 23.3 Å². The Kier molecular flexibility index (Phi) is 4.02. The predicted octanol–water partition coefficient (Wildman–Crippen LogP) is -0.0647. The molecule has 0 aliphatic heterocycles. The lowest BCUT2D eigenvalue weighted by atomic mass is 10.1. The van der Waals surface area contributed by atoms with Crippen LogP contribution < -0.4 is 5.11 Å². The third-order valence-corrected chi connectivity index (χ3v) is 1.95. The van der Waals surface area contributed by atoms with Gasteiger partial charge in [0, 0.05) is 6.42 Å². The standard InChI is InChI=1S/C11H12O5/c1-2-9(12)16-11(15)8-5-3-7(4-6-8)10(13)14/h3-6,9,12H,2H2,1H3,(H,13,14)/p-1. The van der Waals surface area contributed by atoms with Crippen molar-refractivity contribution in [1.29, 1.82) is 0 Å². The van der Waals surface area contributed by atoms with Crippen LogP contribution in [0.15, 0.2) is 24.3 Å². The zero-order valence-corrected chi connectivity index (χ0v) is 8.67. The van der Waals surface area contributed by atoms with Crippen molar-refractivity contribution < 1.29 is 24.5 Å². The quantitative estimate of drug-likeness (QED) is 0.570. The van der Waals surface area contributed by atoms with Crippen LogP contribution in [0.5, 0.6) is 0 Å². The number of aliphatic hydroxyl groups excluding tert-OH is 1. The lowest BCUT2D eigenvalue weighted by Crippen LogP contribution is -2.22. The molecule has 1 aromatic rings. The van der Waals surface area contributed by atoms with Crippen LogP contribution in [0.25, 0.3) is 0 Å². The SMILES string of the molecule is CCC(O)OC(=O)c1ccc(C(=O)[O-])cc1. The molecule has 0 amide bonds. The summed E-state index contributed by atoms with van der Waals surface area (Å²) < 4.78 is 4.64. The minimum Gasteiger partial charge on any atom is -0.545 e. The maximum atomic E-state index is 11.3. The fourth-order valence-electron chi connectivity index (χ4n) is 1.02. The van der Waals surface area contributed by atoms with Gasteiger partial charge in [-0.2, -0.15) is 0 Å². The van der Waals surface area contributed by atoms with Gasteiger partial charge in [-0.05, 0) is 17.7 Å². The zero-order valence-electron chi connectivity index (χ0n) is 8.67. The average molecular weight is 223 g/mol. The number of carbonyl (C=O) groups is 2. The van der Waals surface area contributed by atoms with Gasteiger partial charge in [0.25, 0.3) is 0 Å². The maximum Gasteiger partial charge on any atom is 0.340 e. The van der Waals surface area contributed by atoms with Crippen LogP contribution in [0.2, 0.25) is 0 Å². The lowest BCUT2D eigenvalue weighted by Gasteiger charge is -2.10. The molecule has 1 unspecified atom stereocenters. The van der Waals surface area contributed by atoms with Gasteiger partial charge < -0.3 is 19.7 Å². The molecule has 0 saturated carbocycles. The Hall–Kier alpha value is -1.88. The van der Waals surface area contributed by atoms with Crippen molar-refractivity contribution in [2.45, 2.75) is 19.6 Å². The summed E-state index contributed by atoms with van der Waals surface area (Å²) in [6.07, 6.45) is -0.851. The molecule has 0 spiro atoms. The van der Waals surface area contributed by atoms with Gasteiger partial charge in [0.2, 0.25) is 6.29 Å². The summed E-state index contributed by atoms with van der Waals surface area (Å²) in [6, 6.07) is 5.08. The molecule has 1 rings (SSSR count). The zero-order chi connectivity index (χ0) is 12.1. The molecule has 5 nitrogen and oxygen atoms in total. The molecule has 0 fully saturated rings. The van der Waals surface area contributed by atoms with E-state index in [-0.39, 0.29) is 11.1 Å². The van der Waals surface area contributed by atoms with Crippen LogP contribution in [0, 0.1) is 0 Å². The Morgan fingerprint density at radius 3 is 2.25 bits per heavy atom. The highest BCUT2D eigenvalue weighted by molar-refractivity contribution is 5.92. The van der Waals surface area contributed by atoms with Crippen molar-refractivity contribution in [1.82, 2.24) is 0 Å². The monoisotopic (exact) mass is 223 g/mol. The van der Waals surface area contributed by atoms with Crippen LogP contribution in [-0.2, 0) is 4.74 Å². The Morgan fingerprint density at radius 1 is 1.31 bits per heavy atom. The van der Waals surface area contributed by atoms with Gasteiger partial charge >= 0.3 is 5.97 Å². The van der Waals surface area contributed by atoms with E-state index in [1.54, 1.807) is 6.92 Å². The molecule has 1 atom stereocenters. The van der Waals surface area contributed by atoms with Gasteiger partial charge in [0.05, 0.1) is 11.5 Å². The van der Waals surface area contributed by atoms with Crippen molar-refractivity contribution in [3.05, 3.63) is 35.4 Å². The van der Waals surface area contributed by atoms with Crippen molar-refractivity contribution in [2.24, 2.45) is 0 Å². The first-order chi connectivity index (χ1) is 7.54. The fourth-order valence-corrected chi connectivity index (χ4v) is 1.02. The van der Waals surface area contributed by atoms with Crippen molar-refractivity contribution in [3.8, 4) is 0 Å². The largest absolute Gasteiger partial charge is 0.545 e. The topological polar surface area (TPSA) is 86.7 Å². The highest BCUT2D eigenvalue weighted by atomic mass is 16.6. The number of aliphatic hydroxyl groups is 1. The van der Waals surface area contributed by atoms with E-state index < -0.39 is 18.2 Å². The molecular formula is C11H11O5-. The summed E-state index contributed by atoms with van der Waals surface area (Å²) in [5.74, 6) is -2.01. The third-order valence-electron chi connectivity index (χ3n) is 1.95. The van der Waals surface area contributed by atoms with Crippen molar-refractivity contribution >= 4 is 11.9 Å². The number of aromatic carboxylic acids is 1. The number of carboxylic acids is 1. The lowest BCUT2D eigenvalue weighted by molar-refractivity contribution is -0.255. The van der Waals surface area contributed by atoms with Gasteiger partial charge in [0.1, 0.15) is 0 Å². The second-order valence-corrected chi connectivity index (χ2v) is 3.13. The molecule has 16 heavy (non-hydrogen) atoms. The fraction of sp³-hybridized carbons (Fsp3) is 0.273. The van der Waals surface area contributed by atoms with E-state index in [0.29, 0.717) is 6.42 Å². The number of hydrogen-bond acceptors (Lipinski definition) is 5. The molecule has 5 heteroatoms. The predicted molar refractivity (Wildman–Crippen MR) is 52.5 cm³/mol. The molecule has 0 radical (unpaired) electrons. The molecule has 0 heterocycles. The van der Waals surface area contributed by atoms with Gasteiger partial charge in [-0.25, -0.2) is 4.79 Å². The normalized spacial score (nSPS) is 11.9. The Morgan fingerprint density at radius 2 is 1.81 bits per heavy atom. The van der Waals surface area contributed by atoms with E-state index >= 15 is 0 Å². The highest BCUT2D eigenvalue weighted by Crippen LogP contribution is 2.07. The molecule has 0 bridgehead atoms. The summed E-state index contributed by atoms with van der Waals surface area (Å²) in [5.41, 5.74) is 0.157. The molecule has 1 aromatic carbocycles. The number of rotatable bonds is 4. The van der Waals surface area contributed by atoms with E-state index in [4.69, 9.17) is 5.11 Å². The van der Waals surface area contributed by atoms with Crippen LogP contribution >= 0.6 is 0 Å². The Labute approximate surface area is 92.3 Å². The number of hydrogen-bond donors (Lipinski definition) is 1. The van der Waals surface area contributed by atoms with Crippen molar-refractivity contribution in [2.75, 3.05) is 0 Å². The first-order valence-corrected chi connectivity index (χ1v) is 4.75. The summed E-state index contributed by atoms with van der Waals surface area (Å²) in [7, 11) is 0. The van der Waals surface area contributed by atoms with E-state index in [1.165, 1.54) is 24.3 Å². The second-order valence-electron chi connectivity index (χ2n) is 3.13. The van der Waals surface area contributed by atoms with Crippen LogP contribution in [0.1, 0.15) is 34.1 Å². The molecule has 86 valence electrons. The van der Waals surface area contributed by atoms with Gasteiger partial charge in [-0.1, -0.05) is 19.1 Å². The summed E-state index contributed by atoms with van der Waals surface area (Å²) in [6.45, 7) is 1.66. The minimum absolute atomic E-state index is 0.0208. The van der Waals surface area contributed by atoms with E-state index in [9.17, 15) is 14.7 Å². The number of esters is 1. The number of benzene rings is 1. The summed E-state index contributed by atoms with van der Waals surface area (Å²) in [4.78, 5) is 21.8. The Balaban J connectivity index is 2.74. The number of carbonyl (C=O) groups excluding carboxylic acids is 2. The molecule has 0 saturated heterocycles. The van der Waals surface area contributed by atoms with Crippen molar-refractivity contribution in [3.63, 3.8) is 0 Å². The minimum atomic E-state index is -1.31. The molecule has 0 aliphatic carbocycles. The average Bonchev–Trinajstić information content (AvgIpc) is 2.28. The smallest absolute Gasteiger partial charge is 0.340 e. The molecular weight excluding hydrogens is 212 g/mol. The van der Waals surface area contributed by atoms with Crippen LogP contribution in [0.3, 0.4) is 0 Å². The second kappa shape index (κ2) is 5.27. The highest BCUT2D eigenvalue weighted by Gasteiger charge is 2.11. The van der Waals surface area contributed by atoms with Gasteiger partial charge in [-0.3, -0.25) is 0 Å². The van der Waals surface area contributed by atoms with Gasteiger partial charge in [-0.15, -0.1) is 0 Å². The van der Waals surface area contributed by atoms with Gasteiger partial charge in [0.15, 0.2) is 0 Å². The Bertz CT molecular complexity index is 382. The van der Waals surface area contributed by atoms with E-state index in [2.05, 4.69) is 4.74 Å². The first kappa shape index (κ1) is 12.2. The molecule has 0 aliphatic rings. The molecule has 0 aromatic heterocycles. The first-order valence-electron chi connectivity index (χ1n) is 4.75. The number of carboxylic acid groups (broad SMARTS) is 1. The number of ether oxygens (including phenoxy) is 1. The summed E-state index contributed by atoms with van der Waals surface area (Å²) in [5, 5.41) is 19.5. The van der Waals surface area contributed by atoms with E-state index in [0.717, 1.165) is 0 Å². The summed E-state index contributed by atoms with van der Waals surface area (Å²) >= 11 is 0. The third kappa shape index (κ3) is 3.06. The maximum absolute atomic E-state index is 11.3. The van der Waals surface area contributed by atoms with E-state index in [1.807, 2.05) is 0 Å².